The molecule has 1 unspecified atom stereocenters. The number of piperidine rings is 1. The van der Waals surface area contributed by atoms with Gasteiger partial charge in [-0.2, -0.15) is 0 Å². The van der Waals surface area contributed by atoms with E-state index in [4.69, 9.17) is 0 Å². The number of rotatable bonds is 2. The fourth-order valence-electron chi connectivity index (χ4n) is 2.10. The maximum atomic E-state index is 14.3. The van der Waals surface area contributed by atoms with E-state index in [0.29, 0.717) is 23.9 Å². The molecule has 1 nitrogen and oxygen atoms in total. The van der Waals surface area contributed by atoms with Crippen molar-refractivity contribution in [3.8, 4) is 0 Å². The molecule has 1 aliphatic rings. The highest BCUT2D eigenvalue weighted by atomic mass is 79.9. The Labute approximate surface area is 102 Å². The molecule has 16 heavy (non-hydrogen) atoms. The van der Waals surface area contributed by atoms with Gasteiger partial charge in [-0.25, -0.2) is 8.78 Å². The molecule has 4 heteroatoms. The van der Waals surface area contributed by atoms with Gasteiger partial charge in [0.15, 0.2) is 0 Å². The zero-order valence-electron chi connectivity index (χ0n) is 8.90. The van der Waals surface area contributed by atoms with Crippen molar-refractivity contribution in [3.63, 3.8) is 0 Å². The zero-order chi connectivity index (χ0) is 11.6. The topological polar surface area (TPSA) is 12.0 Å². The standard InChI is InChI=1S/C12H14BrF2N/c13-10-6-9(2-3-11(10)14)7-12(15)4-1-5-16-8-12/h2-3,6,16H,1,4-5,7-8H2. The van der Waals surface area contributed by atoms with Gasteiger partial charge >= 0.3 is 0 Å². The molecule has 1 aromatic rings. The second kappa shape index (κ2) is 4.80. The number of nitrogens with one attached hydrogen (secondary N) is 1. The first-order valence-corrected chi connectivity index (χ1v) is 6.22. The molecule has 0 saturated carbocycles. The molecule has 1 heterocycles. The van der Waals surface area contributed by atoms with Crippen molar-refractivity contribution < 1.29 is 8.78 Å². The Bertz CT molecular complexity index is 375. The number of benzene rings is 1. The summed E-state index contributed by atoms with van der Waals surface area (Å²) in [6.45, 7) is 1.28. The van der Waals surface area contributed by atoms with Crippen molar-refractivity contribution in [2.45, 2.75) is 24.9 Å². The van der Waals surface area contributed by atoms with Gasteiger partial charge in [-0.05, 0) is 53.0 Å². The summed E-state index contributed by atoms with van der Waals surface area (Å²) in [5.41, 5.74) is -0.352. The molecule has 2 rings (SSSR count). The van der Waals surface area contributed by atoms with E-state index in [2.05, 4.69) is 21.2 Å². The molecular weight excluding hydrogens is 276 g/mol. The minimum Gasteiger partial charge on any atom is -0.314 e. The third-order valence-corrected chi connectivity index (χ3v) is 3.53. The van der Waals surface area contributed by atoms with Gasteiger partial charge in [0.25, 0.3) is 0 Å². The second-order valence-corrected chi connectivity index (χ2v) is 5.21. The van der Waals surface area contributed by atoms with Crippen LogP contribution >= 0.6 is 15.9 Å². The van der Waals surface area contributed by atoms with Crippen LogP contribution in [-0.4, -0.2) is 18.8 Å². The monoisotopic (exact) mass is 289 g/mol. The predicted octanol–water partition coefficient (Wildman–Crippen LogP) is 3.22. The SMILES string of the molecule is Fc1ccc(CC2(F)CCCNC2)cc1Br. The summed E-state index contributed by atoms with van der Waals surface area (Å²) in [5, 5.41) is 3.06. The van der Waals surface area contributed by atoms with Crippen LogP contribution in [0.2, 0.25) is 0 Å². The second-order valence-electron chi connectivity index (χ2n) is 4.36. The van der Waals surface area contributed by atoms with E-state index in [1.165, 1.54) is 6.07 Å². The molecule has 1 N–H and O–H groups in total. The predicted molar refractivity (Wildman–Crippen MR) is 63.7 cm³/mol. The maximum Gasteiger partial charge on any atom is 0.137 e. The van der Waals surface area contributed by atoms with Crippen molar-refractivity contribution in [1.29, 1.82) is 0 Å². The fourth-order valence-corrected chi connectivity index (χ4v) is 2.52. The van der Waals surface area contributed by atoms with E-state index < -0.39 is 5.67 Å². The molecule has 1 atom stereocenters. The van der Waals surface area contributed by atoms with Crippen molar-refractivity contribution >= 4 is 15.9 Å². The summed E-state index contributed by atoms with van der Waals surface area (Å²) in [5.74, 6) is -0.307. The highest BCUT2D eigenvalue weighted by Crippen LogP contribution is 2.27. The van der Waals surface area contributed by atoms with Gasteiger partial charge in [-0.1, -0.05) is 6.07 Å². The molecule has 88 valence electrons. The van der Waals surface area contributed by atoms with Crippen LogP contribution in [0.25, 0.3) is 0 Å². The third kappa shape index (κ3) is 2.80. The Morgan fingerprint density at radius 3 is 2.88 bits per heavy atom. The number of halogens is 3. The molecular formula is C12H14BrF2N. The van der Waals surface area contributed by atoms with Crippen LogP contribution in [0.3, 0.4) is 0 Å². The molecule has 0 amide bonds. The van der Waals surface area contributed by atoms with Gasteiger partial charge in [0.2, 0.25) is 0 Å². The molecule has 0 bridgehead atoms. The Balaban J connectivity index is 2.10. The van der Waals surface area contributed by atoms with Crippen LogP contribution in [-0.2, 0) is 6.42 Å². The molecule has 1 saturated heterocycles. The molecule has 1 aliphatic heterocycles. The van der Waals surface area contributed by atoms with Crippen LogP contribution in [0, 0.1) is 5.82 Å². The van der Waals surface area contributed by atoms with Gasteiger partial charge in [-0.15, -0.1) is 0 Å². The van der Waals surface area contributed by atoms with Crippen LogP contribution < -0.4 is 5.32 Å². The van der Waals surface area contributed by atoms with Gasteiger partial charge in [0.05, 0.1) is 4.47 Å². The smallest absolute Gasteiger partial charge is 0.137 e. The van der Waals surface area contributed by atoms with Gasteiger partial charge in [-0.3, -0.25) is 0 Å². The first kappa shape index (κ1) is 12.0. The first-order chi connectivity index (χ1) is 7.59. The number of hydrogen-bond donors (Lipinski definition) is 1. The lowest BCUT2D eigenvalue weighted by Crippen LogP contribution is -2.43. The maximum absolute atomic E-state index is 14.3. The van der Waals surface area contributed by atoms with E-state index in [0.717, 1.165) is 18.5 Å². The number of hydrogen-bond acceptors (Lipinski definition) is 1. The van der Waals surface area contributed by atoms with Crippen LogP contribution in [0.5, 0.6) is 0 Å². The van der Waals surface area contributed by atoms with E-state index in [1.807, 2.05) is 0 Å². The third-order valence-electron chi connectivity index (χ3n) is 2.93. The van der Waals surface area contributed by atoms with Crippen LogP contribution in [0.15, 0.2) is 22.7 Å². The van der Waals surface area contributed by atoms with Gasteiger partial charge < -0.3 is 5.32 Å². The van der Waals surface area contributed by atoms with E-state index in [9.17, 15) is 8.78 Å². The molecule has 0 radical (unpaired) electrons. The quantitative estimate of drug-likeness (QED) is 0.882. The largest absolute Gasteiger partial charge is 0.314 e. The van der Waals surface area contributed by atoms with Gasteiger partial charge in [0.1, 0.15) is 11.5 Å². The lowest BCUT2D eigenvalue weighted by atomic mass is 9.89. The van der Waals surface area contributed by atoms with E-state index in [-0.39, 0.29) is 5.82 Å². The Morgan fingerprint density at radius 1 is 1.44 bits per heavy atom. The summed E-state index contributed by atoms with van der Waals surface area (Å²) in [4.78, 5) is 0. The zero-order valence-corrected chi connectivity index (χ0v) is 10.5. The van der Waals surface area contributed by atoms with Crippen molar-refractivity contribution in [2.24, 2.45) is 0 Å². The van der Waals surface area contributed by atoms with Crippen LogP contribution in [0.1, 0.15) is 18.4 Å². The van der Waals surface area contributed by atoms with Crippen LogP contribution in [0.4, 0.5) is 8.78 Å². The molecule has 1 fully saturated rings. The molecule has 0 aromatic heterocycles. The highest BCUT2D eigenvalue weighted by molar-refractivity contribution is 9.10. The van der Waals surface area contributed by atoms with E-state index in [1.54, 1.807) is 12.1 Å². The van der Waals surface area contributed by atoms with Crippen molar-refractivity contribution in [2.75, 3.05) is 13.1 Å². The normalized spacial score (nSPS) is 25.7. The fraction of sp³-hybridized carbons (Fsp3) is 0.500. The number of alkyl halides is 1. The summed E-state index contributed by atoms with van der Waals surface area (Å²) < 4.78 is 27.7. The lowest BCUT2D eigenvalue weighted by molar-refractivity contribution is 0.122. The first-order valence-electron chi connectivity index (χ1n) is 5.43. The highest BCUT2D eigenvalue weighted by Gasteiger charge is 2.31. The Kier molecular flexibility index (Phi) is 3.60. The lowest BCUT2D eigenvalue weighted by Gasteiger charge is -2.30. The molecule has 0 aliphatic carbocycles. The van der Waals surface area contributed by atoms with Crippen molar-refractivity contribution in [1.82, 2.24) is 5.32 Å². The van der Waals surface area contributed by atoms with E-state index >= 15 is 0 Å². The average molecular weight is 290 g/mol. The minimum atomic E-state index is -1.19. The average Bonchev–Trinajstić information content (AvgIpc) is 2.24. The molecule has 0 spiro atoms. The summed E-state index contributed by atoms with van der Waals surface area (Å²) in [7, 11) is 0. The summed E-state index contributed by atoms with van der Waals surface area (Å²) in [6.07, 6.45) is 1.78. The Morgan fingerprint density at radius 2 is 2.25 bits per heavy atom. The van der Waals surface area contributed by atoms with Gasteiger partial charge in [0, 0.05) is 13.0 Å². The molecule has 1 aromatic carbocycles. The van der Waals surface area contributed by atoms with Crippen molar-refractivity contribution in [3.05, 3.63) is 34.1 Å². The minimum absolute atomic E-state index is 0.307. The summed E-state index contributed by atoms with van der Waals surface area (Å²) >= 11 is 3.12. The Hall–Kier alpha value is -0.480. The summed E-state index contributed by atoms with van der Waals surface area (Å²) in [6, 6.07) is 4.68.